The molecule has 3 fully saturated rings. The van der Waals surface area contributed by atoms with E-state index >= 15 is 0 Å². The number of ether oxygens (including phenoxy) is 2. The summed E-state index contributed by atoms with van der Waals surface area (Å²) in [5, 5.41) is 7.89. The fraction of sp³-hybridized carbons (Fsp3) is 0.600. The third kappa shape index (κ3) is 10.0. The van der Waals surface area contributed by atoms with Crippen molar-refractivity contribution in [1.29, 1.82) is 0 Å². The predicted octanol–water partition coefficient (Wildman–Crippen LogP) is 3.97. The van der Waals surface area contributed by atoms with Gasteiger partial charge in [0.2, 0.25) is 17.7 Å². The van der Waals surface area contributed by atoms with E-state index in [1.54, 1.807) is 6.92 Å². The molecular formula is C30H37F3N4O8S2. The van der Waals surface area contributed by atoms with Crippen LogP contribution in [0, 0.1) is 35.2 Å². The van der Waals surface area contributed by atoms with Crippen LogP contribution >= 0.6 is 23.5 Å². The van der Waals surface area contributed by atoms with E-state index in [9.17, 15) is 41.9 Å². The quantitative estimate of drug-likeness (QED) is 0.280. The minimum atomic E-state index is -1.39. The highest BCUT2D eigenvalue weighted by atomic mass is 32.2. The second kappa shape index (κ2) is 17.1. The number of benzene rings is 1. The summed E-state index contributed by atoms with van der Waals surface area (Å²) in [6.07, 6.45) is 3.41. The molecule has 47 heavy (non-hydrogen) atoms. The summed E-state index contributed by atoms with van der Waals surface area (Å²) in [4.78, 5) is 75.5. The number of halogens is 3. The van der Waals surface area contributed by atoms with Crippen LogP contribution in [-0.4, -0.2) is 70.8 Å². The number of alkyl carbamates (subject to hydrolysis) is 2. The number of nitrogens with one attached hydrogen (secondary N) is 4. The molecule has 12 nitrogen and oxygen atoms in total. The van der Waals surface area contributed by atoms with Gasteiger partial charge in [-0.1, -0.05) is 19.3 Å². The van der Waals surface area contributed by atoms with Crippen molar-refractivity contribution in [1.82, 2.24) is 21.3 Å². The Kier molecular flexibility index (Phi) is 13.2. The smallest absolute Gasteiger partial charge is 0.413 e. The normalized spacial score (nSPS) is 24.2. The minimum absolute atomic E-state index is 0.0791. The maximum absolute atomic E-state index is 14.0. The maximum atomic E-state index is 14.0. The minimum Gasteiger partial charge on any atom is -0.450 e. The number of thioether (sulfide) groups is 2. The zero-order valence-electron chi connectivity index (χ0n) is 25.6. The summed E-state index contributed by atoms with van der Waals surface area (Å²) >= 11 is 2.47. The van der Waals surface area contributed by atoms with Crippen molar-refractivity contribution < 1.29 is 51.4 Å². The standard InChI is InChI=1S/C30H37F3N4O8S2/c1-2-44-29(42)37-25(40)19-14-17(47-28(19)34-23(38)15-6-4-3-5-7-15)8-10-45-30(43)36-24(39)18-9-11-46-27(18)35-26(41)22-20(32)12-16(31)13-21(22)33/h12-13,15,17-19,27-28H,2-11,14H2,1H3,(H,34,38)(H,35,41)(H,36,39,43)(H,37,40,42). The fourth-order valence-electron chi connectivity index (χ4n) is 5.79. The summed E-state index contributed by atoms with van der Waals surface area (Å²) < 4.78 is 51.3. The average Bonchev–Trinajstić information content (AvgIpc) is 3.64. The highest BCUT2D eigenvalue weighted by Gasteiger charge is 2.42. The van der Waals surface area contributed by atoms with Crippen LogP contribution in [0.5, 0.6) is 0 Å². The molecule has 2 saturated heterocycles. The van der Waals surface area contributed by atoms with Crippen LogP contribution in [0.25, 0.3) is 0 Å². The monoisotopic (exact) mass is 702 g/mol. The van der Waals surface area contributed by atoms with E-state index in [0.29, 0.717) is 17.9 Å². The zero-order valence-corrected chi connectivity index (χ0v) is 27.2. The molecule has 1 saturated carbocycles. The van der Waals surface area contributed by atoms with Gasteiger partial charge in [-0.05, 0) is 44.8 Å². The van der Waals surface area contributed by atoms with Gasteiger partial charge >= 0.3 is 12.2 Å². The molecule has 4 rings (SSSR count). The van der Waals surface area contributed by atoms with Gasteiger partial charge in [0.15, 0.2) is 0 Å². The molecule has 17 heteroatoms. The molecule has 0 aromatic heterocycles. The van der Waals surface area contributed by atoms with Crippen LogP contribution < -0.4 is 21.3 Å². The Morgan fingerprint density at radius 2 is 1.45 bits per heavy atom. The van der Waals surface area contributed by atoms with Crippen molar-refractivity contribution in [3.63, 3.8) is 0 Å². The number of hydrogen-bond acceptors (Lipinski definition) is 10. The molecule has 2 aliphatic heterocycles. The Hall–Kier alpha value is -3.47. The van der Waals surface area contributed by atoms with E-state index in [0.717, 1.165) is 43.9 Å². The number of rotatable bonds is 10. The van der Waals surface area contributed by atoms with Crippen molar-refractivity contribution in [3.8, 4) is 0 Å². The van der Waals surface area contributed by atoms with E-state index in [1.165, 1.54) is 11.8 Å². The van der Waals surface area contributed by atoms with Crippen molar-refractivity contribution >= 4 is 59.3 Å². The first-order valence-electron chi connectivity index (χ1n) is 15.4. The predicted molar refractivity (Wildman–Crippen MR) is 165 cm³/mol. The second-order valence-electron chi connectivity index (χ2n) is 11.4. The first-order chi connectivity index (χ1) is 22.5. The highest BCUT2D eigenvalue weighted by Crippen LogP contribution is 2.40. The summed E-state index contributed by atoms with van der Waals surface area (Å²) in [5.41, 5.74) is -0.987. The van der Waals surface area contributed by atoms with E-state index in [-0.39, 0.29) is 49.6 Å². The average molecular weight is 703 g/mol. The van der Waals surface area contributed by atoms with Crippen LogP contribution in [0.3, 0.4) is 0 Å². The second-order valence-corrected chi connectivity index (χ2v) is 14.1. The number of amides is 6. The van der Waals surface area contributed by atoms with Gasteiger partial charge in [0.25, 0.3) is 5.91 Å². The molecule has 0 radical (unpaired) electrons. The summed E-state index contributed by atoms with van der Waals surface area (Å²) in [5.74, 6) is -8.01. The Bertz CT molecular complexity index is 1340. The van der Waals surface area contributed by atoms with Crippen LogP contribution in [0.1, 0.15) is 68.6 Å². The van der Waals surface area contributed by atoms with Crippen molar-refractivity contribution in [3.05, 3.63) is 35.1 Å². The van der Waals surface area contributed by atoms with E-state index < -0.39 is 75.5 Å². The lowest BCUT2D eigenvalue weighted by Gasteiger charge is -2.25. The number of hydrogen-bond donors (Lipinski definition) is 4. The van der Waals surface area contributed by atoms with E-state index in [2.05, 4.69) is 21.3 Å². The lowest BCUT2D eigenvalue weighted by molar-refractivity contribution is -0.128. The number of carbonyl (C=O) groups excluding carboxylic acids is 6. The number of carbonyl (C=O) groups is 6. The Balaban J connectivity index is 1.27. The van der Waals surface area contributed by atoms with Gasteiger partial charge in [-0.3, -0.25) is 29.8 Å². The van der Waals surface area contributed by atoms with Gasteiger partial charge in [0.05, 0.1) is 35.8 Å². The molecule has 1 aromatic carbocycles. The fourth-order valence-corrected chi connectivity index (χ4v) is 8.69. The summed E-state index contributed by atoms with van der Waals surface area (Å²) in [6, 6.07) is 0.742. The molecule has 3 aliphatic rings. The summed E-state index contributed by atoms with van der Waals surface area (Å²) in [7, 11) is 0. The first kappa shape index (κ1) is 36.4. The Labute approximate surface area is 277 Å². The van der Waals surface area contributed by atoms with Gasteiger partial charge in [0, 0.05) is 23.3 Å². The van der Waals surface area contributed by atoms with Crippen molar-refractivity contribution in [2.24, 2.45) is 17.8 Å². The van der Waals surface area contributed by atoms with Crippen LogP contribution in [-0.2, 0) is 23.9 Å². The molecule has 6 amide bonds. The SMILES string of the molecule is CCOC(=O)NC(=O)C1CC(CCOC(=O)NC(=O)C2CCSC2NC(=O)c2c(F)cc(F)cc2F)SC1NC(=O)C1CCCCC1. The third-order valence-corrected chi connectivity index (χ3v) is 11.0. The lowest BCUT2D eigenvalue weighted by atomic mass is 9.88. The van der Waals surface area contributed by atoms with Crippen molar-refractivity contribution in [2.75, 3.05) is 19.0 Å². The van der Waals surface area contributed by atoms with Gasteiger partial charge in [-0.25, -0.2) is 22.8 Å². The van der Waals surface area contributed by atoms with Gasteiger partial charge in [-0.15, -0.1) is 23.5 Å². The lowest BCUT2D eigenvalue weighted by Crippen LogP contribution is -2.46. The third-order valence-electron chi connectivity index (χ3n) is 8.15. The molecule has 0 bridgehead atoms. The first-order valence-corrected chi connectivity index (χ1v) is 17.4. The number of imide groups is 2. The van der Waals surface area contributed by atoms with Gasteiger partial charge in [-0.2, -0.15) is 0 Å². The molecule has 5 atom stereocenters. The van der Waals surface area contributed by atoms with Crippen LogP contribution in [0.4, 0.5) is 22.8 Å². The molecule has 4 N–H and O–H groups in total. The van der Waals surface area contributed by atoms with E-state index in [4.69, 9.17) is 9.47 Å². The molecular weight excluding hydrogens is 665 g/mol. The Morgan fingerprint density at radius 1 is 0.809 bits per heavy atom. The largest absolute Gasteiger partial charge is 0.450 e. The molecule has 0 spiro atoms. The maximum Gasteiger partial charge on any atom is 0.413 e. The zero-order chi connectivity index (χ0) is 34.1. The molecule has 1 aromatic rings. The summed E-state index contributed by atoms with van der Waals surface area (Å²) in [6.45, 7) is 1.55. The van der Waals surface area contributed by atoms with Crippen molar-refractivity contribution in [2.45, 2.75) is 74.3 Å². The topological polar surface area (TPSA) is 169 Å². The Morgan fingerprint density at radius 3 is 2.11 bits per heavy atom. The highest BCUT2D eigenvalue weighted by molar-refractivity contribution is 8.00. The van der Waals surface area contributed by atoms with Gasteiger partial charge < -0.3 is 20.1 Å². The molecule has 1 aliphatic carbocycles. The van der Waals surface area contributed by atoms with E-state index in [1.807, 2.05) is 0 Å². The molecule has 2 heterocycles. The van der Waals surface area contributed by atoms with Crippen LogP contribution in [0.15, 0.2) is 12.1 Å². The van der Waals surface area contributed by atoms with Crippen LogP contribution in [0.2, 0.25) is 0 Å². The molecule has 258 valence electrons. The molecule has 5 unspecified atom stereocenters. The van der Waals surface area contributed by atoms with Gasteiger partial charge in [0.1, 0.15) is 23.0 Å².